The topological polar surface area (TPSA) is 29.5 Å². The number of carbonyl (C=O) groups is 1. The largest absolute Gasteiger partial charge is 0.447 e. The Bertz CT molecular complexity index is 113. The Morgan fingerprint density at radius 1 is 1.88 bits per heavy atom. The fourth-order valence-electron chi connectivity index (χ4n) is 0.585. The number of carbonyl (C=O) groups excluding carboxylic acids is 1. The second kappa shape index (κ2) is 1.65. The van der Waals surface area contributed by atoms with Crippen LogP contribution in [0.15, 0.2) is 0 Å². The van der Waals surface area contributed by atoms with Crippen LogP contribution in [0, 0.1) is 0 Å². The lowest BCUT2D eigenvalue weighted by Crippen LogP contribution is -2.25. The fraction of sp³-hybridized carbons (Fsp3) is 0.800. The molecule has 0 aromatic heterocycles. The highest BCUT2D eigenvalue weighted by molar-refractivity contribution is 5.69. The van der Waals surface area contributed by atoms with E-state index >= 15 is 0 Å². The number of nitrogens with zero attached hydrogens (tertiary/aromatic N) is 1. The van der Waals surface area contributed by atoms with Crippen molar-refractivity contribution in [1.82, 2.24) is 4.90 Å². The molecule has 1 fully saturated rings. The number of hydrogen-bond acceptors (Lipinski definition) is 2. The van der Waals surface area contributed by atoms with Crippen molar-refractivity contribution in [2.45, 2.75) is 13.0 Å². The van der Waals surface area contributed by atoms with Crippen molar-refractivity contribution in [3.8, 4) is 0 Å². The van der Waals surface area contributed by atoms with E-state index in [1.165, 1.54) is 0 Å². The summed E-state index contributed by atoms with van der Waals surface area (Å²) in [4.78, 5) is 12.1. The van der Waals surface area contributed by atoms with Gasteiger partial charge >= 0.3 is 6.09 Å². The summed E-state index contributed by atoms with van der Waals surface area (Å²) in [7, 11) is 1.74. The molecule has 1 amide bonds. The van der Waals surface area contributed by atoms with Crippen molar-refractivity contribution < 1.29 is 9.53 Å². The second-order valence-electron chi connectivity index (χ2n) is 2.04. The highest BCUT2D eigenvalue weighted by Gasteiger charge is 2.24. The number of cyclic esters (lactones) is 1. The first-order valence-corrected chi connectivity index (χ1v) is 2.61. The van der Waals surface area contributed by atoms with Crippen molar-refractivity contribution in [1.29, 1.82) is 0 Å². The molecule has 0 aromatic rings. The molecule has 1 heterocycles. The van der Waals surface area contributed by atoms with E-state index in [2.05, 4.69) is 4.74 Å². The van der Waals surface area contributed by atoms with Crippen molar-refractivity contribution in [2.24, 2.45) is 0 Å². The predicted molar refractivity (Wildman–Crippen MR) is 28.6 cm³/mol. The first-order valence-electron chi connectivity index (χ1n) is 2.61. The highest BCUT2D eigenvalue weighted by Crippen LogP contribution is 2.06. The minimum Gasteiger partial charge on any atom is -0.447 e. The number of hydrogen-bond donors (Lipinski definition) is 0. The van der Waals surface area contributed by atoms with E-state index < -0.39 is 0 Å². The van der Waals surface area contributed by atoms with Crippen LogP contribution in [-0.2, 0) is 4.74 Å². The molecule has 0 aromatic carbocycles. The zero-order valence-electron chi connectivity index (χ0n) is 5.05. The Balaban J connectivity index is 2.56. The van der Waals surface area contributed by atoms with E-state index in [9.17, 15) is 4.79 Å². The van der Waals surface area contributed by atoms with Gasteiger partial charge in [0.1, 0.15) is 6.61 Å². The van der Waals surface area contributed by atoms with Gasteiger partial charge in [-0.3, -0.25) is 0 Å². The summed E-state index contributed by atoms with van der Waals surface area (Å²) in [6.45, 7) is 2.49. The monoisotopic (exact) mass is 115 g/mol. The van der Waals surface area contributed by atoms with E-state index in [4.69, 9.17) is 0 Å². The van der Waals surface area contributed by atoms with Crippen molar-refractivity contribution in [3.63, 3.8) is 0 Å². The van der Waals surface area contributed by atoms with Crippen LogP contribution in [0.5, 0.6) is 0 Å². The quantitative estimate of drug-likeness (QED) is 0.459. The summed E-state index contributed by atoms with van der Waals surface area (Å²) >= 11 is 0. The van der Waals surface area contributed by atoms with Gasteiger partial charge in [-0.25, -0.2) is 4.79 Å². The maximum atomic E-state index is 10.5. The van der Waals surface area contributed by atoms with Gasteiger partial charge in [0.05, 0.1) is 6.04 Å². The molecule has 1 saturated heterocycles. The maximum absolute atomic E-state index is 10.5. The highest BCUT2D eigenvalue weighted by atomic mass is 16.6. The number of rotatable bonds is 0. The number of likely N-dealkylation sites (N-methyl/N-ethyl adjacent to an activating group) is 1. The molecule has 1 rings (SSSR count). The van der Waals surface area contributed by atoms with Gasteiger partial charge in [0.2, 0.25) is 0 Å². The summed E-state index contributed by atoms with van der Waals surface area (Å²) in [5, 5.41) is 0. The van der Waals surface area contributed by atoms with Gasteiger partial charge in [-0.05, 0) is 6.92 Å². The molecule has 3 nitrogen and oxygen atoms in total. The molecular formula is C5H9NO2. The Hall–Kier alpha value is -0.730. The maximum Gasteiger partial charge on any atom is 0.409 e. The molecule has 1 unspecified atom stereocenters. The first-order chi connectivity index (χ1) is 3.72. The standard InChI is InChI=1S/C5H9NO2/c1-4-3-8-5(7)6(4)2/h4H,3H2,1-2H3. The molecule has 8 heavy (non-hydrogen) atoms. The minimum absolute atomic E-state index is 0.211. The van der Waals surface area contributed by atoms with Gasteiger partial charge in [0, 0.05) is 7.05 Å². The lowest BCUT2D eigenvalue weighted by atomic mass is 10.4. The third kappa shape index (κ3) is 0.638. The Morgan fingerprint density at radius 3 is 2.62 bits per heavy atom. The van der Waals surface area contributed by atoms with Crippen molar-refractivity contribution >= 4 is 6.09 Å². The number of ether oxygens (including phenoxy) is 1. The molecule has 1 atom stereocenters. The zero-order valence-corrected chi connectivity index (χ0v) is 5.05. The third-order valence-electron chi connectivity index (χ3n) is 1.40. The van der Waals surface area contributed by atoms with Gasteiger partial charge < -0.3 is 9.64 Å². The minimum atomic E-state index is -0.211. The van der Waals surface area contributed by atoms with E-state index in [1.807, 2.05) is 6.92 Å². The van der Waals surface area contributed by atoms with Crippen LogP contribution in [0.25, 0.3) is 0 Å². The van der Waals surface area contributed by atoms with Crippen LogP contribution in [0.3, 0.4) is 0 Å². The van der Waals surface area contributed by atoms with Gasteiger partial charge in [0.15, 0.2) is 0 Å². The molecular weight excluding hydrogens is 106 g/mol. The molecule has 3 heteroatoms. The third-order valence-corrected chi connectivity index (χ3v) is 1.40. The lowest BCUT2D eigenvalue weighted by molar-refractivity contribution is 0.163. The molecule has 0 aliphatic carbocycles. The molecule has 1 aliphatic rings. The molecule has 0 bridgehead atoms. The summed E-state index contributed by atoms with van der Waals surface area (Å²) in [5.41, 5.74) is 0. The van der Waals surface area contributed by atoms with Crippen molar-refractivity contribution in [2.75, 3.05) is 13.7 Å². The Kier molecular flexibility index (Phi) is 1.12. The average molecular weight is 115 g/mol. The van der Waals surface area contributed by atoms with Crippen LogP contribution in [0.4, 0.5) is 4.79 Å². The van der Waals surface area contributed by atoms with Gasteiger partial charge in [-0.2, -0.15) is 0 Å². The van der Waals surface area contributed by atoms with Crippen LogP contribution in [-0.4, -0.2) is 30.7 Å². The molecule has 1 aliphatic heterocycles. The van der Waals surface area contributed by atoms with E-state index in [0.29, 0.717) is 6.61 Å². The zero-order chi connectivity index (χ0) is 6.15. The van der Waals surface area contributed by atoms with E-state index in [-0.39, 0.29) is 12.1 Å². The van der Waals surface area contributed by atoms with Crippen LogP contribution in [0.2, 0.25) is 0 Å². The summed E-state index contributed by atoms with van der Waals surface area (Å²) in [6.07, 6.45) is -0.211. The van der Waals surface area contributed by atoms with Gasteiger partial charge in [-0.1, -0.05) is 0 Å². The van der Waals surface area contributed by atoms with E-state index in [1.54, 1.807) is 11.9 Å². The predicted octanol–water partition coefficient (Wildman–Crippen LogP) is 0.457. The Labute approximate surface area is 48.2 Å². The molecule has 0 radical (unpaired) electrons. The van der Waals surface area contributed by atoms with Crippen LogP contribution < -0.4 is 0 Å². The summed E-state index contributed by atoms with van der Waals surface area (Å²) in [5.74, 6) is 0. The summed E-state index contributed by atoms with van der Waals surface area (Å²) in [6, 6.07) is 0.252. The van der Waals surface area contributed by atoms with Gasteiger partial charge in [0.25, 0.3) is 0 Å². The average Bonchev–Trinajstić information content (AvgIpc) is 1.98. The molecule has 0 spiro atoms. The first kappa shape index (κ1) is 5.41. The smallest absolute Gasteiger partial charge is 0.409 e. The molecule has 0 N–H and O–H groups in total. The molecule has 46 valence electrons. The lowest BCUT2D eigenvalue weighted by Gasteiger charge is -2.08. The van der Waals surface area contributed by atoms with Crippen LogP contribution >= 0.6 is 0 Å². The Morgan fingerprint density at radius 2 is 2.50 bits per heavy atom. The summed E-state index contributed by atoms with van der Waals surface area (Å²) < 4.78 is 4.66. The van der Waals surface area contributed by atoms with E-state index in [0.717, 1.165) is 0 Å². The SMILES string of the molecule is CC1COC(=O)N1C. The molecule has 0 saturated carbocycles. The van der Waals surface area contributed by atoms with Gasteiger partial charge in [-0.15, -0.1) is 0 Å². The fourth-order valence-corrected chi connectivity index (χ4v) is 0.585. The number of amides is 1. The second-order valence-corrected chi connectivity index (χ2v) is 2.04. The van der Waals surface area contributed by atoms with Crippen LogP contribution in [0.1, 0.15) is 6.92 Å². The normalized spacial score (nSPS) is 28.5. The van der Waals surface area contributed by atoms with Crippen molar-refractivity contribution in [3.05, 3.63) is 0 Å².